The molecule has 0 saturated carbocycles. The molecule has 0 fully saturated rings. The number of furan rings is 1. The monoisotopic (exact) mass is 384 g/mol. The summed E-state index contributed by atoms with van der Waals surface area (Å²) < 4.78 is 5.56. The predicted octanol–water partition coefficient (Wildman–Crippen LogP) is 4.66. The summed E-state index contributed by atoms with van der Waals surface area (Å²) >= 11 is 6.09. The van der Waals surface area contributed by atoms with Crippen LogP contribution in [0.4, 0.5) is 16.2 Å². The van der Waals surface area contributed by atoms with Gasteiger partial charge in [-0.25, -0.2) is 10.2 Å². The molecule has 0 aliphatic rings. The molecule has 0 radical (unpaired) electrons. The number of nitro groups is 1. The molecular weight excluding hydrogens is 372 g/mol. The van der Waals surface area contributed by atoms with Crippen molar-refractivity contribution in [3.05, 3.63) is 81.6 Å². The number of hydrogen-bond donors (Lipinski definition) is 2. The van der Waals surface area contributed by atoms with E-state index in [4.69, 9.17) is 16.0 Å². The Morgan fingerprint density at radius 1 is 1.15 bits per heavy atom. The van der Waals surface area contributed by atoms with Crippen LogP contribution in [0.2, 0.25) is 5.02 Å². The van der Waals surface area contributed by atoms with Gasteiger partial charge in [0.1, 0.15) is 11.5 Å². The minimum atomic E-state index is -0.513. The molecule has 9 heteroatoms. The Balaban J connectivity index is 1.66. The highest BCUT2D eigenvalue weighted by atomic mass is 35.5. The molecule has 3 rings (SSSR count). The molecule has 2 N–H and O–H groups in total. The molecule has 2 aromatic carbocycles. The average Bonchev–Trinajstić information content (AvgIpc) is 3.11. The second-order valence-electron chi connectivity index (χ2n) is 5.31. The molecule has 1 aromatic heterocycles. The van der Waals surface area contributed by atoms with E-state index in [1.165, 1.54) is 24.4 Å². The number of non-ortho nitro benzene ring substituents is 1. The van der Waals surface area contributed by atoms with Crippen LogP contribution in [0.3, 0.4) is 0 Å². The molecule has 0 spiro atoms. The summed E-state index contributed by atoms with van der Waals surface area (Å²) in [4.78, 5) is 22.1. The Kier molecular flexibility index (Phi) is 5.48. The topological polar surface area (TPSA) is 110 Å². The van der Waals surface area contributed by atoms with E-state index in [0.717, 1.165) is 0 Å². The van der Waals surface area contributed by atoms with Crippen molar-refractivity contribution < 1.29 is 14.1 Å². The molecule has 1 heterocycles. The number of carbonyl (C=O) groups is 1. The van der Waals surface area contributed by atoms with Crippen LogP contribution in [0.5, 0.6) is 0 Å². The van der Waals surface area contributed by atoms with Gasteiger partial charge in [-0.1, -0.05) is 29.8 Å². The van der Waals surface area contributed by atoms with Gasteiger partial charge in [0, 0.05) is 23.4 Å². The maximum absolute atomic E-state index is 11.7. The third-order valence-electron chi connectivity index (χ3n) is 3.44. The fraction of sp³-hybridized carbons (Fsp3) is 0. The number of benzene rings is 2. The van der Waals surface area contributed by atoms with Gasteiger partial charge in [-0.3, -0.25) is 10.1 Å². The largest absolute Gasteiger partial charge is 0.455 e. The van der Waals surface area contributed by atoms with Crippen LogP contribution in [-0.4, -0.2) is 17.2 Å². The maximum Gasteiger partial charge on any atom is 0.339 e. The van der Waals surface area contributed by atoms with Crippen molar-refractivity contribution in [1.29, 1.82) is 0 Å². The molecule has 0 unspecified atom stereocenters. The SMILES string of the molecule is O=C(N/N=C\c1ccc(-c2cc([N+](=O)[O-])ccc2Cl)o1)Nc1ccccc1. The number of nitrogens with one attached hydrogen (secondary N) is 2. The summed E-state index contributed by atoms with van der Waals surface area (Å²) in [5.74, 6) is 0.687. The molecule has 8 nitrogen and oxygen atoms in total. The Labute approximate surface area is 158 Å². The van der Waals surface area contributed by atoms with Crippen LogP contribution in [0, 0.1) is 10.1 Å². The van der Waals surface area contributed by atoms with Crippen LogP contribution < -0.4 is 10.7 Å². The molecule has 0 saturated heterocycles. The van der Waals surface area contributed by atoms with Gasteiger partial charge in [0.25, 0.3) is 5.69 Å². The zero-order valence-corrected chi connectivity index (χ0v) is 14.5. The van der Waals surface area contributed by atoms with E-state index >= 15 is 0 Å². The number of halogens is 1. The number of anilines is 1. The first-order valence-corrected chi connectivity index (χ1v) is 8.10. The van der Waals surface area contributed by atoms with Crippen molar-refractivity contribution >= 4 is 35.2 Å². The number of hydrogen-bond acceptors (Lipinski definition) is 5. The predicted molar refractivity (Wildman–Crippen MR) is 102 cm³/mol. The lowest BCUT2D eigenvalue weighted by Gasteiger charge is -2.02. The van der Waals surface area contributed by atoms with Crippen molar-refractivity contribution in [2.45, 2.75) is 0 Å². The lowest BCUT2D eigenvalue weighted by Crippen LogP contribution is -2.24. The standard InChI is InChI=1S/C18H13ClN4O4/c19-16-8-6-13(23(25)26)10-15(16)17-9-7-14(27-17)11-20-22-18(24)21-12-4-2-1-3-5-12/h1-11H,(H2,21,22,24)/b20-11-. The molecule has 2 amide bonds. The minimum absolute atomic E-state index is 0.0970. The second kappa shape index (κ2) is 8.15. The highest BCUT2D eigenvalue weighted by Crippen LogP contribution is 2.32. The number of nitrogens with zero attached hydrogens (tertiary/aromatic N) is 2. The maximum atomic E-state index is 11.7. The number of carbonyl (C=O) groups excluding carboxylic acids is 1. The van der Waals surface area contributed by atoms with Crippen molar-refractivity contribution in [1.82, 2.24) is 5.43 Å². The number of hydrazone groups is 1. The van der Waals surface area contributed by atoms with Crippen LogP contribution in [0.1, 0.15) is 5.76 Å². The zero-order chi connectivity index (χ0) is 19.2. The van der Waals surface area contributed by atoms with E-state index in [-0.39, 0.29) is 5.69 Å². The third kappa shape index (κ3) is 4.71. The van der Waals surface area contributed by atoms with Gasteiger partial charge in [0.15, 0.2) is 0 Å². The number of nitro benzene ring substituents is 1. The Bertz CT molecular complexity index is 1000. The van der Waals surface area contributed by atoms with Crippen molar-refractivity contribution in [3.63, 3.8) is 0 Å². The van der Waals surface area contributed by atoms with Gasteiger partial charge >= 0.3 is 6.03 Å². The molecule has 136 valence electrons. The fourth-order valence-corrected chi connectivity index (χ4v) is 2.43. The summed E-state index contributed by atoms with van der Waals surface area (Å²) in [5.41, 5.74) is 3.23. The Morgan fingerprint density at radius 2 is 1.93 bits per heavy atom. The minimum Gasteiger partial charge on any atom is -0.455 e. The van der Waals surface area contributed by atoms with E-state index in [0.29, 0.717) is 27.8 Å². The van der Waals surface area contributed by atoms with Crippen LogP contribution in [0.15, 0.2) is 70.2 Å². The summed E-state index contributed by atoms with van der Waals surface area (Å²) in [7, 11) is 0. The normalized spacial score (nSPS) is 10.7. The fourth-order valence-electron chi connectivity index (χ4n) is 2.22. The lowest BCUT2D eigenvalue weighted by molar-refractivity contribution is -0.384. The smallest absolute Gasteiger partial charge is 0.339 e. The molecule has 0 atom stereocenters. The number of amides is 2. The van der Waals surface area contributed by atoms with Gasteiger partial charge in [0.2, 0.25) is 0 Å². The average molecular weight is 385 g/mol. The van der Waals surface area contributed by atoms with E-state index < -0.39 is 11.0 Å². The molecule has 27 heavy (non-hydrogen) atoms. The van der Waals surface area contributed by atoms with Crippen LogP contribution in [0.25, 0.3) is 11.3 Å². The van der Waals surface area contributed by atoms with Gasteiger partial charge in [-0.05, 0) is 30.3 Å². The quantitative estimate of drug-likeness (QED) is 0.378. The van der Waals surface area contributed by atoms with E-state index in [1.54, 1.807) is 36.4 Å². The first-order chi connectivity index (χ1) is 13.0. The first kappa shape index (κ1) is 18.2. The highest BCUT2D eigenvalue weighted by molar-refractivity contribution is 6.33. The molecule has 0 aliphatic heterocycles. The first-order valence-electron chi connectivity index (χ1n) is 7.72. The number of urea groups is 1. The van der Waals surface area contributed by atoms with E-state index in [1.807, 2.05) is 6.07 Å². The Morgan fingerprint density at radius 3 is 2.67 bits per heavy atom. The van der Waals surface area contributed by atoms with E-state index in [9.17, 15) is 14.9 Å². The molecule has 0 aliphatic carbocycles. The number of para-hydroxylation sites is 1. The zero-order valence-electron chi connectivity index (χ0n) is 13.8. The van der Waals surface area contributed by atoms with Gasteiger partial charge in [-0.2, -0.15) is 5.10 Å². The molecule has 0 bridgehead atoms. The van der Waals surface area contributed by atoms with Gasteiger partial charge in [-0.15, -0.1) is 0 Å². The van der Waals surface area contributed by atoms with Crippen molar-refractivity contribution in [2.75, 3.05) is 5.32 Å². The summed E-state index contributed by atoms with van der Waals surface area (Å²) in [6, 6.07) is 15.7. The van der Waals surface area contributed by atoms with Gasteiger partial charge in [0.05, 0.1) is 16.2 Å². The summed E-state index contributed by atoms with van der Waals surface area (Å²) in [5, 5.41) is 17.6. The van der Waals surface area contributed by atoms with E-state index in [2.05, 4.69) is 15.8 Å². The van der Waals surface area contributed by atoms with Crippen LogP contribution >= 0.6 is 11.6 Å². The van der Waals surface area contributed by atoms with Crippen LogP contribution in [-0.2, 0) is 0 Å². The second-order valence-corrected chi connectivity index (χ2v) is 5.72. The number of rotatable bonds is 5. The highest BCUT2D eigenvalue weighted by Gasteiger charge is 2.14. The van der Waals surface area contributed by atoms with Crippen molar-refractivity contribution in [3.8, 4) is 11.3 Å². The molecule has 3 aromatic rings. The third-order valence-corrected chi connectivity index (χ3v) is 3.77. The molecular formula is C18H13ClN4O4. The lowest BCUT2D eigenvalue weighted by atomic mass is 10.1. The van der Waals surface area contributed by atoms with Gasteiger partial charge < -0.3 is 9.73 Å². The summed E-state index contributed by atoms with van der Waals surface area (Å²) in [6.45, 7) is 0. The summed E-state index contributed by atoms with van der Waals surface area (Å²) in [6.07, 6.45) is 1.30. The Hall–Kier alpha value is -3.65. The van der Waals surface area contributed by atoms with Crippen molar-refractivity contribution in [2.24, 2.45) is 5.10 Å².